The van der Waals surface area contributed by atoms with E-state index in [9.17, 15) is 0 Å². The highest BCUT2D eigenvalue weighted by Gasteiger charge is 2.16. The number of halogens is 1. The Balaban J connectivity index is 1.71. The molecule has 2 heterocycles. The Bertz CT molecular complexity index is 862. The summed E-state index contributed by atoms with van der Waals surface area (Å²) in [6, 6.07) is 9.12. The maximum atomic E-state index is 3.70. The molecule has 1 aromatic carbocycles. The van der Waals surface area contributed by atoms with Crippen LogP contribution in [0.15, 0.2) is 34.1 Å². The molecular formula is C26H38BrNS. The minimum absolute atomic E-state index is 0.802. The second-order valence-electron chi connectivity index (χ2n) is 8.68. The van der Waals surface area contributed by atoms with Gasteiger partial charge < -0.3 is 4.57 Å². The van der Waals surface area contributed by atoms with E-state index in [-0.39, 0.29) is 0 Å². The summed E-state index contributed by atoms with van der Waals surface area (Å²) >= 11 is 5.59. The minimum Gasteiger partial charge on any atom is -0.339 e. The second-order valence-corrected chi connectivity index (χ2v) is 10.5. The predicted molar refractivity (Wildman–Crippen MR) is 135 cm³/mol. The second kappa shape index (κ2) is 12.2. The van der Waals surface area contributed by atoms with E-state index in [4.69, 9.17) is 0 Å². The fourth-order valence-corrected chi connectivity index (χ4v) is 5.90. The summed E-state index contributed by atoms with van der Waals surface area (Å²) in [4.78, 5) is 0. The van der Waals surface area contributed by atoms with Crippen LogP contribution in [0.5, 0.6) is 0 Å². The van der Waals surface area contributed by atoms with Gasteiger partial charge in [-0.1, -0.05) is 100 Å². The standard InChI is InChI=1S/C26H38BrNS/c1-3-5-7-9-10-12-14-21(13-11-8-6-4-2)20-28-24-17-18-29-26(24)23-16-15-22(27)19-25(23)28/h15-19,21H,3-14,20H2,1-2H3. The topological polar surface area (TPSA) is 4.93 Å². The van der Waals surface area contributed by atoms with Gasteiger partial charge in [0.2, 0.25) is 0 Å². The molecule has 0 fully saturated rings. The quantitative estimate of drug-likeness (QED) is 0.204. The Hall–Kier alpha value is -0.800. The zero-order chi connectivity index (χ0) is 20.5. The highest BCUT2D eigenvalue weighted by Crippen LogP contribution is 2.36. The van der Waals surface area contributed by atoms with Gasteiger partial charge in [-0.05, 0) is 42.3 Å². The van der Waals surface area contributed by atoms with E-state index in [1.54, 1.807) is 0 Å². The third kappa shape index (κ3) is 6.34. The van der Waals surface area contributed by atoms with E-state index >= 15 is 0 Å². The molecule has 3 aromatic rings. The number of nitrogens with zero attached hydrogens (tertiary/aromatic N) is 1. The van der Waals surface area contributed by atoms with Gasteiger partial charge >= 0.3 is 0 Å². The van der Waals surface area contributed by atoms with E-state index in [1.807, 2.05) is 11.3 Å². The number of benzene rings is 1. The number of hydrogen-bond acceptors (Lipinski definition) is 1. The molecule has 0 radical (unpaired) electrons. The molecule has 29 heavy (non-hydrogen) atoms. The molecule has 0 aliphatic heterocycles. The van der Waals surface area contributed by atoms with Crippen LogP contribution < -0.4 is 0 Å². The first-order valence-electron chi connectivity index (χ1n) is 11.9. The van der Waals surface area contributed by atoms with Gasteiger partial charge in [-0.3, -0.25) is 0 Å². The van der Waals surface area contributed by atoms with Crippen molar-refractivity contribution in [2.24, 2.45) is 5.92 Å². The van der Waals surface area contributed by atoms with E-state index in [0.29, 0.717) is 0 Å². The summed E-state index contributed by atoms with van der Waals surface area (Å²) in [5.41, 5.74) is 2.84. The number of thiophene rings is 1. The van der Waals surface area contributed by atoms with Crippen molar-refractivity contribution < 1.29 is 0 Å². The summed E-state index contributed by atoms with van der Waals surface area (Å²) in [5.74, 6) is 0.802. The van der Waals surface area contributed by atoms with Crippen LogP contribution in [0.3, 0.4) is 0 Å². The lowest BCUT2D eigenvalue weighted by atomic mass is 9.94. The SMILES string of the molecule is CCCCCCCCC(CCCCCC)Cn1c2cc(Br)ccc2c2sccc21. The van der Waals surface area contributed by atoms with Crippen molar-refractivity contribution in [2.45, 2.75) is 97.4 Å². The largest absolute Gasteiger partial charge is 0.339 e. The van der Waals surface area contributed by atoms with Crippen LogP contribution in [0.25, 0.3) is 21.1 Å². The lowest BCUT2D eigenvalue weighted by molar-refractivity contribution is 0.365. The molecule has 0 spiro atoms. The van der Waals surface area contributed by atoms with Crippen molar-refractivity contribution in [1.82, 2.24) is 4.57 Å². The van der Waals surface area contributed by atoms with Gasteiger partial charge in [0.25, 0.3) is 0 Å². The normalized spacial score (nSPS) is 12.9. The predicted octanol–water partition coefficient (Wildman–Crippen LogP) is 9.96. The third-order valence-electron chi connectivity index (χ3n) is 6.30. The van der Waals surface area contributed by atoms with Crippen molar-refractivity contribution in [3.05, 3.63) is 34.1 Å². The highest BCUT2D eigenvalue weighted by atomic mass is 79.9. The van der Waals surface area contributed by atoms with Crippen LogP contribution in [0.2, 0.25) is 0 Å². The van der Waals surface area contributed by atoms with Crippen molar-refractivity contribution in [1.29, 1.82) is 0 Å². The lowest BCUT2D eigenvalue weighted by Crippen LogP contribution is -2.11. The molecule has 0 aliphatic carbocycles. The van der Waals surface area contributed by atoms with Crippen LogP contribution in [0.1, 0.15) is 90.9 Å². The number of aromatic nitrogens is 1. The van der Waals surface area contributed by atoms with Gasteiger partial charge in [-0.2, -0.15) is 0 Å². The van der Waals surface area contributed by atoms with Gasteiger partial charge in [0.1, 0.15) is 0 Å². The van der Waals surface area contributed by atoms with E-state index < -0.39 is 0 Å². The Labute approximate surface area is 190 Å². The Kier molecular flexibility index (Phi) is 9.58. The summed E-state index contributed by atoms with van der Waals surface area (Å²) in [6.45, 7) is 5.79. The van der Waals surface area contributed by atoms with Gasteiger partial charge in [-0.15, -0.1) is 11.3 Å². The Morgan fingerprint density at radius 1 is 0.828 bits per heavy atom. The Morgan fingerprint density at radius 3 is 2.21 bits per heavy atom. The zero-order valence-corrected chi connectivity index (χ0v) is 20.8. The van der Waals surface area contributed by atoms with Crippen LogP contribution in [0.4, 0.5) is 0 Å². The third-order valence-corrected chi connectivity index (χ3v) is 7.73. The zero-order valence-electron chi connectivity index (χ0n) is 18.4. The van der Waals surface area contributed by atoms with E-state index in [2.05, 4.69) is 64.0 Å². The highest BCUT2D eigenvalue weighted by molar-refractivity contribution is 9.10. The number of hydrogen-bond donors (Lipinski definition) is 0. The molecule has 0 saturated carbocycles. The molecule has 160 valence electrons. The number of unbranched alkanes of at least 4 members (excludes halogenated alkanes) is 8. The van der Waals surface area contributed by atoms with Crippen LogP contribution in [-0.2, 0) is 6.54 Å². The fourth-order valence-electron chi connectivity index (χ4n) is 4.62. The lowest BCUT2D eigenvalue weighted by Gasteiger charge is -2.19. The molecular weight excluding hydrogens is 438 g/mol. The van der Waals surface area contributed by atoms with Crippen molar-refractivity contribution in [2.75, 3.05) is 0 Å². The average molecular weight is 477 g/mol. The first-order chi connectivity index (χ1) is 14.2. The summed E-state index contributed by atoms with van der Waals surface area (Å²) in [7, 11) is 0. The molecule has 1 nitrogen and oxygen atoms in total. The first-order valence-corrected chi connectivity index (χ1v) is 13.6. The van der Waals surface area contributed by atoms with E-state index in [0.717, 1.165) is 5.92 Å². The molecule has 0 aliphatic rings. The maximum Gasteiger partial charge on any atom is 0.0601 e. The molecule has 0 bridgehead atoms. The van der Waals surface area contributed by atoms with E-state index in [1.165, 1.54) is 109 Å². The minimum atomic E-state index is 0.802. The summed E-state index contributed by atoms with van der Waals surface area (Å²) in [6.07, 6.45) is 16.7. The molecule has 1 atom stereocenters. The first kappa shape index (κ1) is 22.9. The smallest absolute Gasteiger partial charge is 0.0601 e. The number of fused-ring (bicyclic) bond motifs is 3. The van der Waals surface area contributed by atoms with Gasteiger partial charge in [0, 0.05) is 16.4 Å². The van der Waals surface area contributed by atoms with Gasteiger partial charge in [0.15, 0.2) is 0 Å². The molecule has 3 heteroatoms. The van der Waals surface area contributed by atoms with Crippen molar-refractivity contribution in [3.63, 3.8) is 0 Å². The summed E-state index contributed by atoms with van der Waals surface area (Å²) < 4.78 is 5.26. The van der Waals surface area contributed by atoms with Crippen LogP contribution in [0, 0.1) is 5.92 Å². The van der Waals surface area contributed by atoms with Crippen LogP contribution >= 0.6 is 27.3 Å². The van der Waals surface area contributed by atoms with Gasteiger partial charge in [-0.25, -0.2) is 0 Å². The Morgan fingerprint density at radius 2 is 1.48 bits per heavy atom. The maximum absolute atomic E-state index is 3.70. The number of rotatable bonds is 14. The molecule has 0 saturated heterocycles. The molecule has 3 rings (SSSR count). The monoisotopic (exact) mass is 475 g/mol. The summed E-state index contributed by atoms with van der Waals surface area (Å²) in [5, 5.41) is 3.68. The van der Waals surface area contributed by atoms with Crippen LogP contribution in [-0.4, -0.2) is 4.57 Å². The molecule has 2 aromatic heterocycles. The molecule has 1 unspecified atom stereocenters. The van der Waals surface area contributed by atoms with Crippen molar-refractivity contribution >= 4 is 48.4 Å². The average Bonchev–Trinajstić information content (AvgIpc) is 3.29. The fraction of sp³-hybridized carbons (Fsp3) is 0.615. The molecule has 0 N–H and O–H groups in total. The van der Waals surface area contributed by atoms with Gasteiger partial charge in [0.05, 0.1) is 15.7 Å². The molecule has 0 amide bonds. The van der Waals surface area contributed by atoms with Crippen molar-refractivity contribution in [3.8, 4) is 0 Å².